The molecule has 2 fully saturated rings. The van der Waals surface area contributed by atoms with Crippen molar-refractivity contribution in [3.05, 3.63) is 41.7 Å². The largest absolute Gasteiger partial charge is 0.497 e. The second-order valence-electron chi connectivity index (χ2n) is 6.77. The Kier molecular flexibility index (Phi) is 6.58. The van der Waals surface area contributed by atoms with Crippen LogP contribution in [0.1, 0.15) is 17.7 Å². The Morgan fingerprint density at radius 2 is 2.11 bits per heavy atom. The highest BCUT2D eigenvalue weighted by Crippen LogP contribution is 2.31. The van der Waals surface area contributed by atoms with Crippen LogP contribution in [0.5, 0.6) is 11.6 Å². The highest BCUT2D eigenvalue weighted by Gasteiger charge is 2.36. The van der Waals surface area contributed by atoms with Crippen molar-refractivity contribution in [3.8, 4) is 11.6 Å². The molecule has 27 heavy (non-hydrogen) atoms. The number of halogens is 1. The predicted molar refractivity (Wildman–Crippen MR) is 102 cm³/mol. The monoisotopic (exact) mass is 393 g/mol. The summed E-state index contributed by atoms with van der Waals surface area (Å²) in [5.74, 6) is 3.10. The van der Waals surface area contributed by atoms with Gasteiger partial charge < -0.3 is 23.7 Å². The third-order valence-electron chi connectivity index (χ3n) is 5.00. The molecule has 3 heterocycles. The fourth-order valence-electron chi connectivity index (χ4n) is 3.53. The van der Waals surface area contributed by atoms with E-state index in [1.54, 1.807) is 13.2 Å². The Labute approximate surface area is 164 Å². The van der Waals surface area contributed by atoms with Crippen LogP contribution in [-0.4, -0.2) is 43.0 Å². The number of hydrogen-bond donors (Lipinski definition) is 0. The summed E-state index contributed by atoms with van der Waals surface area (Å²) in [6, 6.07) is 9.41. The summed E-state index contributed by atoms with van der Waals surface area (Å²) in [5.41, 5.74) is 1.03. The number of fused-ring (bicyclic) bond motifs is 2. The topological polar surface area (TPSA) is 69.3 Å². The number of nitrogens with zero attached hydrogens (tertiary/aromatic N) is 3. The van der Waals surface area contributed by atoms with Gasteiger partial charge in [-0.15, -0.1) is 12.4 Å². The minimum absolute atomic E-state index is 0. The van der Waals surface area contributed by atoms with Gasteiger partial charge in [0.25, 0.3) is 5.88 Å². The van der Waals surface area contributed by atoms with E-state index in [-0.39, 0.29) is 19.0 Å². The van der Waals surface area contributed by atoms with Gasteiger partial charge in [-0.25, -0.2) is 0 Å². The summed E-state index contributed by atoms with van der Waals surface area (Å²) in [4.78, 5) is 7.82. The average Bonchev–Trinajstić information content (AvgIpc) is 3.41. The van der Waals surface area contributed by atoms with Crippen LogP contribution >= 0.6 is 12.4 Å². The molecule has 1 aromatic carbocycles. The SMILES string of the molecule is COc1ccc(COc2cc(CON=CC3CN4CCC3C4)on2)cc1.Cl. The minimum Gasteiger partial charge on any atom is -0.497 e. The summed E-state index contributed by atoms with van der Waals surface area (Å²) >= 11 is 0. The van der Waals surface area contributed by atoms with E-state index in [2.05, 4.69) is 15.2 Å². The third-order valence-corrected chi connectivity index (χ3v) is 5.00. The number of methoxy groups -OCH3 is 1. The molecule has 2 saturated heterocycles. The molecule has 7 nitrogen and oxygen atoms in total. The van der Waals surface area contributed by atoms with Crippen LogP contribution in [0, 0.1) is 11.8 Å². The summed E-state index contributed by atoms with van der Waals surface area (Å²) in [6.07, 6.45) is 3.20. The van der Waals surface area contributed by atoms with Crippen molar-refractivity contribution in [2.75, 3.05) is 26.7 Å². The van der Waals surface area contributed by atoms with Crippen LogP contribution in [0.2, 0.25) is 0 Å². The van der Waals surface area contributed by atoms with E-state index in [0.29, 0.717) is 24.2 Å². The van der Waals surface area contributed by atoms with E-state index in [0.717, 1.165) is 23.8 Å². The zero-order valence-corrected chi connectivity index (χ0v) is 16.1. The summed E-state index contributed by atoms with van der Waals surface area (Å²) in [7, 11) is 1.64. The summed E-state index contributed by atoms with van der Waals surface area (Å²) in [5, 5.41) is 7.99. The molecule has 146 valence electrons. The molecule has 0 spiro atoms. The van der Waals surface area contributed by atoms with Gasteiger partial charge in [0.05, 0.1) is 7.11 Å². The molecule has 0 aliphatic carbocycles. The molecule has 8 heteroatoms. The normalized spacial score (nSPS) is 23.4. The standard InChI is InChI=1S/C19H23N3O4.ClH/c1-23-17-4-2-14(3-5-17)12-24-19-8-18(26-21-19)13-25-20-9-16-11-22-7-6-15(16)10-22;/h2-5,8-9,15-16H,6-7,10-13H2,1H3;1H. The number of hydrogen-bond acceptors (Lipinski definition) is 7. The first-order valence-corrected chi connectivity index (χ1v) is 8.89. The molecular formula is C19H24ClN3O4. The van der Waals surface area contributed by atoms with Crippen LogP contribution in [0.15, 0.2) is 40.0 Å². The van der Waals surface area contributed by atoms with Crippen molar-refractivity contribution in [3.63, 3.8) is 0 Å². The van der Waals surface area contributed by atoms with E-state index >= 15 is 0 Å². The number of piperidine rings is 1. The number of benzene rings is 1. The van der Waals surface area contributed by atoms with Gasteiger partial charge in [0.2, 0.25) is 0 Å². The molecule has 3 atom stereocenters. The first-order chi connectivity index (χ1) is 12.8. The number of aromatic nitrogens is 1. The van der Waals surface area contributed by atoms with Crippen molar-refractivity contribution >= 4 is 18.6 Å². The zero-order valence-electron chi connectivity index (χ0n) is 15.2. The van der Waals surface area contributed by atoms with Gasteiger partial charge in [-0.2, -0.15) is 0 Å². The first kappa shape index (κ1) is 19.5. The van der Waals surface area contributed by atoms with Gasteiger partial charge in [0.1, 0.15) is 12.4 Å². The van der Waals surface area contributed by atoms with Gasteiger partial charge in [-0.1, -0.05) is 17.3 Å². The third kappa shape index (κ3) is 4.93. The van der Waals surface area contributed by atoms with Crippen molar-refractivity contribution in [1.82, 2.24) is 10.1 Å². The molecule has 0 N–H and O–H groups in total. The lowest BCUT2D eigenvalue weighted by Crippen LogP contribution is -2.24. The molecule has 2 aliphatic heterocycles. The summed E-state index contributed by atoms with van der Waals surface area (Å²) < 4.78 is 16.0. The lowest BCUT2D eigenvalue weighted by atomic mass is 9.94. The Hall–Kier alpha value is -2.25. The zero-order chi connectivity index (χ0) is 17.8. The Balaban J connectivity index is 0.00000210. The van der Waals surface area contributed by atoms with Crippen molar-refractivity contribution in [1.29, 1.82) is 0 Å². The van der Waals surface area contributed by atoms with Gasteiger partial charge in [0, 0.05) is 31.3 Å². The molecule has 4 rings (SSSR count). The van der Waals surface area contributed by atoms with Crippen LogP contribution in [0.4, 0.5) is 0 Å². The van der Waals surface area contributed by atoms with E-state index in [9.17, 15) is 0 Å². The maximum absolute atomic E-state index is 5.62. The van der Waals surface area contributed by atoms with E-state index in [1.165, 1.54) is 19.5 Å². The highest BCUT2D eigenvalue weighted by molar-refractivity contribution is 5.85. The molecule has 0 saturated carbocycles. The quantitative estimate of drug-likeness (QED) is 0.507. The molecule has 2 aliphatic rings. The highest BCUT2D eigenvalue weighted by atomic mass is 35.5. The van der Waals surface area contributed by atoms with Crippen LogP contribution < -0.4 is 9.47 Å². The van der Waals surface area contributed by atoms with Crippen LogP contribution in [0.3, 0.4) is 0 Å². The second-order valence-corrected chi connectivity index (χ2v) is 6.77. The summed E-state index contributed by atoms with van der Waals surface area (Å²) in [6.45, 7) is 4.19. The minimum atomic E-state index is 0. The molecular weight excluding hydrogens is 370 g/mol. The molecule has 0 radical (unpaired) electrons. The molecule has 2 bridgehead atoms. The predicted octanol–water partition coefficient (Wildman–Crippen LogP) is 3.14. The Bertz CT molecular complexity index is 750. The average molecular weight is 394 g/mol. The first-order valence-electron chi connectivity index (χ1n) is 8.89. The fraction of sp³-hybridized carbons (Fsp3) is 0.474. The number of oxime groups is 1. The molecule has 1 aromatic heterocycles. The van der Waals surface area contributed by atoms with Crippen molar-refractivity contribution in [2.24, 2.45) is 17.0 Å². The van der Waals surface area contributed by atoms with E-state index in [1.807, 2.05) is 30.5 Å². The smallest absolute Gasteiger partial charge is 0.254 e. The van der Waals surface area contributed by atoms with Crippen LogP contribution in [-0.2, 0) is 18.1 Å². The van der Waals surface area contributed by atoms with Gasteiger partial charge >= 0.3 is 0 Å². The van der Waals surface area contributed by atoms with Gasteiger partial charge in [0.15, 0.2) is 12.4 Å². The maximum atomic E-state index is 5.62. The lowest BCUT2D eigenvalue weighted by molar-refractivity contribution is 0.108. The van der Waals surface area contributed by atoms with Crippen molar-refractivity contribution in [2.45, 2.75) is 19.6 Å². The fourth-order valence-corrected chi connectivity index (χ4v) is 3.53. The van der Waals surface area contributed by atoms with Crippen molar-refractivity contribution < 1.29 is 18.8 Å². The van der Waals surface area contributed by atoms with Crippen LogP contribution in [0.25, 0.3) is 0 Å². The molecule has 0 amide bonds. The van der Waals surface area contributed by atoms with E-state index < -0.39 is 0 Å². The second kappa shape index (κ2) is 9.10. The maximum Gasteiger partial charge on any atom is 0.254 e. The number of ether oxygens (including phenoxy) is 2. The molecule has 2 aromatic rings. The van der Waals surface area contributed by atoms with Gasteiger partial charge in [-0.3, -0.25) is 0 Å². The van der Waals surface area contributed by atoms with Gasteiger partial charge in [-0.05, 0) is 41.7 Å². The van der Waals surface area contributed by atoms with E-state index in [4.69, 9.17) is 18.8 Å². The Morgan fingerprint density at radius 1 is 1.26 bits per heavy atom. The number of rotatable bonds is 8. The molecule has 3 unspecified atom stereocenters. The lowest BCUT2D eigenvalue weighted by Gasteiger charge is -2.17. The Morgan fingerprint density at radius 3 is 2.81 bits per heavy atom.